The molecule has 0 fully saturated rings. The van der Waals surface area contributed by atoms with Crippen molar-refractivity contribution in [1.82, 2.24) is 15.1 Å². The standard InChI is InChI=1S/C17H26N4O5/c1-5-25-14(23)7-6-13(22)18-15-11-10-21(9-8-12(11)19-20-15)16(24)26-17(2,3)4/h5-10H2,1-4H3,(H2,18,19,20,22). The van der Waals surface area contributed by atoms with Crippen LogP contribution in [0.15, 0.2) is 0 Å². The molecule has 26 heavy (non-hydrogen) atoms. The minimum atomic E-state index is -0.572. The number of nitrogens with zero attached hydrogens (tertiary/aromatic N) is 2. The highest BCUT2D eigenvalue weighted by molar-refractivity contribution is 5.92. The van der Waals surface area contributed by atoms with Crippen LogP contribution in [0.1, 0.15) is 51.8 Å². The van der Waals surface area contributed by atoms with E-state index in [1.165, 1.54) is 0 Å². The molecule has 1 aliphatic rings. The lowest BCUT2D eigenvalue weighted by Crippen LogP contribution is -2.40. The first-order valence-corrected chi connectivity index (χ1v) is 8.69. The lowest BCUT2D eigenvalue weighted by Gasteiger charge is -2.30. The molecule has 1 aliphatic heterocycles. The van der Waals surface area contributed by atoms with Crippen LogP contribution in [0.25, 0.3) is 0 Å². The zero-order valence-corrected chi connectivity index (χ0v) is 15.7. The molecular formula is C17H26N4O5. The van der Waals surface area contributed by atoms with Crippen molar-refractivity contribution >= 4 is 23.8 Å². The van der Waals surface area contributed by atoms with Gasteiger partial charge in [-0.3, -0.25) is 14.7 Å². The summed E-state index contributed by atoms with van der Waals surface area (Å²) < 4.78 is 10.2. The lowest BCUT2D eigenvalue weighted by atomic mass is 10.1. The lowest BCUT2D eigenvalue weighted by molar-refractivity contribution is -0.144. The van der Waals surface area contributed by atoms with E-state index in [2.05, 4.69) is 15.5 Å². The summed E-state index contributed by atoms with van der Waals surface area (Å²) in [7, 11) is 0. The maximum atomic E-state index is 12.3. The average Bonchev–Trinajstić information content (AvgIpc) is 2.94. The number of ether oxygens (including phenoxy) is 2. The van der Waals surface area contributed by atoms with Crippen molar-refractivity contribution in [1.29, 1.82) is 0 Å². The van der Waals surface area contributed by atoms with E-state index in [0.717, 1.165) is 11.3 Å². The number of aromatic nitrogens is 2. The molecule has 0 saturated heterocycles. The first-order valence-electron chi connectivity index (χ1n) is 8.69. The monoisotopic (exact) mass is 366 g/mol. The van der Waals surface area contributed by atoms with Gasteiger partial charge in [-0.1, -0.05) is 0 Å². The fourth-order valence-corrected chi connectivity index (χ4v) is 2.52. The maximum absolute atomic E-state index is 12.3. The van der Waals surface area contributed by atoms with E-state index in [0.29, 0.717) is 25.3 Å². The third kappa shape index (κ3) is 5.47. The van der Waals surface area contributed by atoms with Gasteiger partial charge in [0.25, 0.3) is 0 Å². The van der Waals surface area contributed by atoms with Crippen molar-refractivity contribution < 1.29 is 23.9 Å². The SMILES string of the molecule is CCOC(=O)CCC(=O)Nc1n[nH]c2c1CN(C(=O)OC(C)(C)C)CC2. The van der Waals surface area contributed by atoms with Crippen LogP contribution in [-0.2, 0) is 32.0 Å². The van der Waals surface area contributed by atoms with Crippen molar-refractivity contribution in [3.05, 3.63) is 11.3 Å². The Morgan fingerprint density at radius 3 is 2.65 bits per heavy atom. The number of rotatable bonds is 5. The summed E-state index contributed by atoms with van der Waals surface area (Å²) in [6.45, 7) is 8.25. The van der Waals surface area contributed by atoms with Gasteiger partial charge in [-0.15, -0.1) is 0 Å². The number of fused-ring (bicyclic) bond motifs is 1. The fourth-order valence-electron chi connectivity index (χ4n) is 2.52. The van der Waals surface area contributed by atoms with Crippen molar-refractivity contribution in [2.75, 3.05) is 18.5 Å². The molecule has 1 aromatic rings. The van der Waals surface area contributed by atoms with Crippen molar-refractivity contribution in [2.45, 2.75) is 59.1 Å². The Hall–Kier alpha value is -2.58. The number of nitrogens with one attached hydrogen (secondary N) is 2. The molecular weight excluding hydrogens is 340 g/mol. The number of esters is 1. The topological polar surface area (TPSA) is 114 Å². The number of carbonyl (C=O) groups is 3. The van der Waals surface area contributed by atoms with Crippen LogP contribution in [0.5, 0.6) is 0 Å². The van der Waals surface area contributed by atoms with Gasteiger partial charge in [-0.05, 0) is 27.7 Å². The summed E-state index contributed by atoms with van der Waals surface area (Å²) in [5.74, 6) is -0.369. The molecule has 9 nitrogen and oxygen atoms in total. The van der Waals surface area contributed by atoms with E-state index in [1.807, 2.05) is 20.8 Å². The predicted molar refractivity (Wildman–Crippen MR) is 93.4 cm³/mol. The summed E-state index contributed by atoms with van der Waals surface area (Å²) in [5, 5.41) is 9.69. The van der Waals surface area contributed by atoms with Gasteiger partial charge >= 0.3 is 12.1 Å². The second-order valence-electron chi connectivity index (χ2n) is 7.03. The number of H-pyrrole nitrogens is 1. The molecule has 144 valence electrons. The second-order valence-corrected chi connectivity index (χ2v) is 7.03. The summed E-state index contributed by atoms with van der Waals surface area (Å²) in [6.07, 6.45) is 0.219. The molecule has 2 heterocycles. The molecule has 9 heteroatoms. The summed E-state index contributed by atoms with van der Waals surface area (Å²) in [4.78, 5) is 37.2. The molecule has 0 atom stereocenters. The highest BCUT2D eigenvalue weighted by Crippen LogP contribution is 2.25. The first-order chi connectivity index (χ1) is 12.2. The molecule has 2 amide bonds. The molecule has 0 unspecified atom stereocenters. The van der Waals surface area contributed by atoms with E-state index in [9.17, 15) is 14.4 Å². The molecule has 1 aromatic heterocycles. The Balaban J connectivity index is 1.96. The average molecular weight is 366 g/mol. The highest BCUT2D eigenvalue weighted by Gasteiger charge is 2.29. The van der Waals surface area contributed by atoms with Crippen molar-refractivity contribution in [2.24, 2.45) is 0 Å². The number of hydrogen-bond donors (Lipinski definition) is 2. The van der Waals surface area contributed by atoms with Crippen LogP contribution in [-0.4, -0.2) is 51.8 Å². The van der Waals surface area contributed by atoms with Crippen LogP contribution < -0.4 is 5.32 Å². The Labute approximate surface area is 152 Å². The van der Waals surface area contributed by atoms with Crippen LogP contribution in [0.3, 0.4) is 0 Å². The Morgan fingerprint density at radius 1 is 1.27 bits per heavy atom. The largest absolute Gasteiger partial charge is 0.466 e. The third-order valence-corrected chi connectivity index (χ3v) is 3.70. The summed E-state index contributed by atoms with van der Waals surface area (Å²) in [6, 6.07) is 0. The van der Waals surface area contributed by atoms with Gasteiger partial charge in [-0.25, -0.2) is 4.79 Å². The smallest absolute Gasteiger partial charge is 0.410 e. The van der Waals surface area contributed by atoms with Gasteiger partial charge in [0.2, 0.25) is 5.91 Å². The number of hydrogen-bond acceptors (Lipinski definition) is 6. The van der Waals surface area contributed by atoms with Gasteiger partial charge in [0.15, 0.2) is 5.82 Å². The van der Waals surface area contributed by atoms with Gasteiger partial charge < -0.3 is 19.7 Å². The van der Waals surface area contributed by atoms with Gasteiger partial charge in [0, 0.05) is 30.6 Å². The number of carbonyl (C=O) groups excluding carboxylic acids is 3. The van der Waals surface area contributed by atoms with E-state index < -0.39 is 17.7 Å². The van der Waals surface area contributed by atoms with E-state index in [1.54, 1.807) is 11.8 Å². The number of anilines is 1. The van der Waals surface area contributed by atoms with Gasteiger partial charge in [0.05, 0.1) is 19.6 Å². The normalized spacial score (nSPS) is 13.8. The highest BCUT2D eigenvalue weighted by atomic mass is 16.6. The Bertz CT molecular complexity index is 677. The second kappa shape index (κ2) is 8.20. The fraction of sp³-hybridized carbons (Fsp3) is 0.647. The minimum absolute atomic E-state index is 0.0102. The van der Waals surface area contributed by atoms with Crippen LogP contribution in [0.4, 0.5) is 10.6 Å². The quantitative estimate of drug-likeness (QED) is 0.770. The molecule has 0 aromatic carbocycles. The Kier molecular flexibility index (Phi) is 6.23. The van der Waals surface area contributed by atoms with Crippen LogP contribution >= 0.6 is 0 Å². The van der Waals surface area contributed by atoms with E-state index in [4.69, 9.17) is 9.47 Å². The van der Waals surface area contributed by atoms with Gasteiger partial charge in [-0.2, -0.15) is 5.10 Å². The summed E-state index contributed by atoms with van der Waals surface area (Å²) >= 11 is 0. The summed E-state index contributed by atoms with van der Waals surface area (Å²) in [5.41, 5.74) is 1.06. The van der Waals surface area contributed by atoms with Crippen molar-refractivity contribution in [3.8, 4) is 0 Å². The zero-order chi connectivity index (χ0) is 19.3. The third-order valence-electron chi connectivity index (χ3n) is 3.70. The van der Waals surface area contributed by atoms with Crippen LogP contribution in [0, 0.1) is 0 Å². The Morgan fingerprint density at radius 2 is 2.00 bits per heavy atom. The molecule has 0 bridgehead atoms. The molecule has 0 spiro atoms. The molecule has 0 saturated carbocycles. The first kappa shape index (κ1) is 19.7. The van der Waals surface area contributed by atoms with E-state index >= 15 is 0 Å². The maximum Gasteiger partial charge on any atom is 0.410 e. The number of aromatic amines is 1. The van der Waals surface area contributed by atoms with Gasteiger partial charge in [0.1, 0.15) is 5.60 Å². The number of amides is 2. The molecule has 2 N–H and O–H groups in total. The minimum Gasteiger partial charge on any atom is -0.466 e. The van der Waals surface area contributed by atoms with Crippen LogP contribution in [0.2, 0.25) is 0 Å². The zero-order valence-electron chi connectivity index (χ0n) is 15.7. The molecule has 2 rings (SSSR count). The predicted octanol–water partition coefficient (Wildman–Crippen LogP) is 1.98. The van der Waals surface area contributed by atoms with E-state index in [-0.39, 0.29) is 25.4 Å². The van der Waals surface area contributed by atoms with Crippen molar-refractivity contribution in [3.63, 3.8) is 0 Å². The molecule has 0 radical (unpaired) electrons. The molecule has 0 aliphatic carbocycles.